The highest BCUT2D eigenvalue weighted by molar-refractivity contribution is 5.91. The molecule has 0 aliphatic carbocycles. The number of aromatic nitrogens is 3. The second-order valence-electron chi connectivity index (χ2n) is 6.57. The molecule has 0 saturated carbocycles. The zero-order valence-corrected chi connectivity index (χ0v) is 15.1. The van der Waals surface area contributed by atoms with Gasteiger partial charge in [0.25, 0.3) is 0 Å². The highest BCUT2D eigenvalue weighted by Crippen LogP contribution is 2.22. The molecule has 2 heterocycles. The number of carbonyl (C=O) groups is 1. The second-order valence-corrected chi connectivity index (χ2v) is 6.57. The minimum Gasteiger partial charge on any atom is -0.326 e. The first-order chi connectivity index (χ1) is 13.2. The zero-order valence-electron chi connectivity index (χ0n) is 15.1. The maximum absolute atomic E-state index is 12.3. The fourth-order valence-electron chi connectivity index (χ4n) is 3.01. The first-order valence-electron chi connectivity index (χ1n) is 8.95. The molecule has 2 aromatic carbocycles. The molecular weight excluding hydrogens is 336 g/mol. The van der Waals surface area contributed by atoms with Gasteiger partial charge in [0.15, 0.2) is 11.5 Å². The zero-order chi connectivity index (χ0) is 18.6. The van der Waals surface area contributed by atoms with Crippen LogP contribution in [-0.4, -0.2) is 20.5 Å². The van der Waals surface area contributed by atoms with Gasteiger partial charge in [0.1, 0.15) is 0 Å². The predicted octanol–water partition coefficient (Wildman–Crippen LogP) is 4.28. The van der Waals surface area contributed by atoms with Crippen LogP contribution in [-0.2, 0) is 11.2 Å². The van der Waals surface area contributed by atoms with Gasteiger partial charge in [0, 0.05) is 23.9 Å². The minimum atomic E-state index is -0.00109. The fourth-order valence-corrected chi connectivity index (χ4v) is 3.01. The van der Waals surface area contributed by atoms with Crippen molar-refractivity contribution in [3.05, 3.63) is 84.1 Å². The lowest BCUT2D eigenvalue weighted by molar-refractivity contribution is -0.116. The third kappa shape index (κ3) is 3.87. The van der Waals surface area contributed by atoms with E-state index in [0.29, 0.717) is 6.42 Å². The van der Waals surface area contributed by atoms with Gasteiger partial charge in [-0.1, -0.05) is 48.0 Å². The number of pyridine rings is 1. The van der Waals surface area contributed by atoms with Crippen molar-refractivity contribution in [3.8, 4) is 11.4 Å². The standard InChI is InChI=1S/C22H20N4O/c1-16-8-10-17(11-9-16)12-13-21(27)23-19-6-4-5-18(15-19)22-25-24-20-7-2-3-14-26(20)22/h2-11,14-15H,12-13H2,1H3,(H,23,27). The summed E-state index contributed by atoms with van der Waals surface area (Å²) in [5, 5.41) is 11.4. The number of anilines is 1. The Balaban J connectivity index is 1.46. The van der Waals surface area contributed by atoms with Gasteiger partial charge in [-0.3, -0.25) is 9.20 Å². The van der Waals surface area contributed by atoms with Gasteiger partial charge in [-0.2, -0.15) is 0 Å². The van der Waals surface area contributed by atoms with Crippen molar-refractivity contribution in [1.82, 2.24) is 14.6 Å². The Kier molecular flexibility index (Phi) is 4.66. The molecule has 134 valence electrons. The fraction of sp³-hybridized carbons (Fsp3) is 0.136. The van der Waals surface area contributed by atoms with Gasteiger partial charge in [-0.15, -0.1) is 10.2 Å². The van der Waals surface area contributed by atoms with E-state index in [4.69, 9.17) is 0 Å². The average Bonchev–Trinajstić information content (AvgIpc) is 3.12. The maximum Gasteiger partial charge on any atom is 0.224 e. The number of nitrogens with one attached hydrogen (secondary N) is 1. The van der Waals surface area contributed by atoms with Crippen LogP contribution in [0.15, 0.2) is 72.9 Å². The number of hydrogen-bond acceptors (Lipinski definition) is 3. The van der Waals surface area contributed by atoms with E-state index in [1.807, 2.05) is 53.1 Å². The molecule has 4 rings (SSSR count). The molecule has 0 aliphatic heterocycles. The van der Waals surface area contributed by atoms with Crippen molar-refractivity contribution < 1.29 is 4.79 Å². The summed E-state index contributed by atoms with van der Waals surface area (Å²) >= 11 is 0. The molecule has 0 radical (unpaired) electrons. The molecule has 4 aromatic rings. The lowest BCUT2D eigenvalue weighted by Gasteiger charge is -2.07. The number of benzene rings is 2. The summed E-state index contributed by atoms with van der Waals surface area (Å²) in [7, 11) is 0. The summed E-state index contributed by atoms with van der Waals surface area (Å²) < 4.78 is 1.93. The van der Waals surface area contributed by atoms with E-state index in [9.17, 15) is 4.79 Å². The Bertz CT molecular complexity index is 1080. The first-order valence-corrected chi connectivity index (χ1v) is 8.95. The molecule has 5 heteroatoms. The summed E-state index contributed by atoms with van der Waals surface area (Å²) in [5.74, 6) is 0.750. The van der Waals surface area contributed by atoms with Gasteiger partial charge < -0.3 is 5.32 Å². The summed E-state index contributed by atoms with van der Waals surface area (Å²) in [4.78, 5) is 12.3. The van der Waals surface area contributed by atoms with Crippen molar-refractivity contribution in [2.24, 2.45) is 0 Å². The molecule has 0 saturated heterocycles. The summed E-state index contributed by atoms with van der Waals surface area (Å²) in [6.07, 6.45) is 3.10. The number of amides is 1. The lowest BCUT2D eigenvalue weighted by Crippen LogP contribution is -2.12. The average molecular weight is 356 g/mol. The number of rotatable bonds is 5. The molecule has 27 heavy (non-hydrogen) atoms. The quantitative estimate of drug-likeness (QED) is 0.581. The molecule has 1 N–H and O–H groups in total. The van der Waals surface area contributed by atoms with Crippen LogP contribution in [0.1, 0.15) is 17.5 Å². The van der Waals surface area contributed by atoms with Gasteiger partial charge in [-0.25, -0.2) is 0 Å². The van der Waals surface area contributed by atoms with E-state index < -0.39 is 0 Å². The lowest BCUT2D eigenvalue weighted by atomic mass is 10.1. The van der Waals surface area contributed by atoms with Crippen molar-refractivity contribution in [2.45, 2.75) is 19.8 Å². The second kappa shape index (κ2) is 7.41. The van der Waals surface area contributed by atoms with E-state index in [0.717, 1.165) is 29.1 Å². The van der Waals surface area contributed by atoms with Crippen LogP contribution in [0.4, 0.5) is 5.69 Å². The molecule has 2 aromatic heterocycles. The summed E-state index contributed by atoms with van der Waals surface area (Å²) in [6.45, 7) is 2.06. The molecule has 0 spiro atoms. The highest BCUT2D eigenvalue weighted by atomic mass is 16.1. The van der Waals surface area contributed by atoms with Crippen molar-refractivity contribution >= 4 is 17.2 Å². The molecule has 0 aliphatic rings. The normalized spacial score (nSPS) is 10.9. The highest BCUT2D eigenvalue weighted by Gasteiger charge is 2.09. The van der Waals surface area contributed by atoms with E-state index in [1.165, 1.54) is 11.1 Å². The minimum absolute atomic E-state index is 0.00109. The number of hydrogen-bond donors (Lipinski definition) is 1. The van der Waals surface area contributed by atoms with E-state index in [-0.39, 0.29) is 5.91 Å². The molecule has 5 nitrogen and oxygen atoms in total. The Morgan fingerprint density at radius 2 is 1.85 bits per heavy atom. The van der Waals surface area contributed by atoms with E-state index in [1.54, 1.807) is 0 Å². The Hall–Kier alpha value is -3.47. The number of fused-ring (bicyclic) bond motifs is 1. The van der Waals surface area contributed by atoms with Crippen LogP contribution in [0.2, 0.25) is 0 Å². The number of aryl methyl sites for hydroxylation is 2. The molecule has 1 amide bonds. The monoisotopic (exact) mass is 356 g/mol. The van der Waals surface area contributed by atoms with Crippen molar-refractivity contribution in [1.29, 1.82) is 0 Å². The molecule has 0 fully saturated rings. The van der Waals surface area contributed by atoms with E-state index in [2.05, 4.69) is 46.7 Å². The number of carbonyl (C=O) groups excluding carboxylic acids is 1. The van der Waals surface area contributed by atoms with Gasteiger partial charge in [0.2, 0.25) is 5.91 Å². The SMILES string of the molecule is Cc1ccc(CCC(=O)Nc2cccc(-c3nnc4ccccn34)c2)cc1. The van der Waals surface area contributed by atoms with Gasteiger partial charge >= 0.3 is 0 Å². The summed E-state index contributed by atoms with van der Waals surface area (Å²) in [6, 6.07) is 21.7. The van der Waals surface area contributed by atoms with Crippen LogP contribution < -0.4 is 5.32 Å². The van der Waals surface area contributed by atoms with Crippen LogP contribution in [0.5, 0.6) is 0 Å². The topological polar surface area (TPSA) is 59.3 Å². The predicted molar refractivity (Wildman–Crippen MR) is 107 cm³/mol. The third-order valence-corrected chi connectivity index (χ3v) is 4.48. The molecule has 0 bridgehead atoms. The van der Waals surface area contributed by atoms with Crippen LogP contribution in [0.25, 0.3) is 17.0 Å². The maximum atomic E-state index is 12.3. The molecular formula is C22H20N4O. The van der Waals surface area contributed by atoms with Crippen molar-refractivity contribution in [3.63, 3.8) is 0 Å². The van der Waals surface area contributed by atoms with Crippen LogP contribution >= 0.6 is 0 Å². The van der Waals surface area contributed by atoms with Crippen LogP contribution in [0.3, 0.4) is 0 Å². The van der Waals surface area contributed by atoms with Crippen molar-refractivity contribution in [2.75, 3.05) is 5.32 Å². The largest absolute Gasteiger partial charge is 0.326 e. The Morgan fingerprint density at radius 3 is 2.70 bits per heavy atom. The Morgan fingerprint density at radius 1 is 1.00 bits per heavy atom. The van der Waals surface area contributed by atoms with E-state index >= 15 is 0 Å². The van der Waals surface area contributed by atoms with Gasteiger partial charge in [0.05, 0.1) is 0 Å². The Labute approximate surface area is 157 Å². The smallest absolute Gasteiger partial charge is 0.224 e. The third-order valence-electron chi connectivity index (χ3n) is 4.48. The van der Waals surface area contributed by atoms with Gasteiger partial charge in [-0.05, 0) is 43.2 Å². The summed E-state index contributed by atoms with van der Waals surface area (Å²) in [5.41, 5.74) is 4.85. The molecule has 0 unspecified atom stereocenters. The first kappa shape index (κ1) is 17.0. The van der Waals surface area contributed by atoms with Crippen LogP contribution in [0, 0.1) is 6.92 Å². The molecule has 0 atom stereocenters. The number of nitrogens with zero attached hydrogens (tertiary/aromatic N) is 3.